The molecule has 1 aromatic carbocycles. The van der Waals surface area contributed by atoms with E-state index in [1.165, 1.54) is 18.4 Å². The Morgan fingerprint density at radius 2 is 2.11 bits per heavy atom. The number of likely N-dealkylation sites (tertiary alicyclic amines) is 1. The zero-order chi connectivity index (χ0) is 18.4. The van der Waals surface area contributed by atoms with Crippen LogP contribution in [0.3, 0.4) is 0 Å². The lowest BCUT2D eigenvalue weighted by Crippen LogP contribution is -2.44. The monoisotopic (exact) mass is 370 g/mol. The summed E-state index contributed by atoms with van der Waals surface area (Å²) in [5.41, 5.74) is 1.35. The summed E-state index contributed by atoms with van der Waals surface area (Å²) in [6, 6.07) is 8.37. The van der Waals surface area contributed by atoms with Gasteiger partial charge in [-0.25, -0.2) is 0 Å². The topological polar surface area (TPSA) is 50.8 Å². The summed E-state index contributed by atoms with van der Waals surface area (Å²) in [6.45, 7) is 3.85. The van der Waals surface area contributed by atoms with Crippen molar-refractivity contribution in [3.05, 3.63) is 29.8 Å². The van der Waals surface area contributed by atoms with E-state index in [9.17, 15) is 4.79 Å². The number of hydrogen-bond acceptors (Lipinski definition) is 4. The molecular weight excluding hydrogens is 340 g/mol. The molecule has 1 spiro atoms. The Morgan fingerprint density at radius 3 is 2.81 bits per heavy atom. The van der Waals surface area contributed by atoms with E-state index in [2.05, 4.69) is 22.3 Å². The minimum Gasteiger partial charge on any atom is -0.497 e. The highest BCUT2D eigenvalue weighted by molar-refractivity contribution is 5.79. The molecular formula is C22H30N2O3. The number of methoxy groups -OCH3 is 1. The van der Waals surface area contributed by atoms with E-state index >= 15 is 0 Å². The summed E-state index contributed by atoms with van der Waals surface area (Å²) in [4.78, 5) is 14.8. The predicted octanol–water partition coefficient (Wildman–Crippen LogP) is 2.59. The number of benzene rings is 1. The predicted molar refractivity (Wildman–Crippen MR) is 102 cm³/mol. The highest BCUT2D eigenvalue weighted by atomic mass is 16.5. The van der Waals surface area contributed by atoms with E-state index in [0.717, 1.165) is 51.2 Å². The van der Waals surface area contributed by atoms with Crippen molar-refractivity contribution in [3.8, 4) is 5.75 Å². The van der Waals surface area contributed by atoms with Crippen molar-refractivity contribution in [2.45, 2.75) is 50.4 Å². The van der Waals surface area contributed by atoms with E-state index in [4.69, 9.17) is 9.47 Å². The first-order chi connectivity index (χ1) is 13.2. The fourth-order valence-corrected chi connectivity index (χ4v) is 5.70. The number of carbonyl (C=O) groups excluding carboxylic acids is 1. The molecule has 5 rings (SSSR count). The number of nitrogens with zero attached hydrogens (tertiary/aromatic N) is 1. The third-order valence-electron chi connectivity index (χ3n) is 7.41. The van der Waals surface area contributed by atoms with E-state index in [1.807, 2.05) is 12.1 Å². The van der Waals surface area contributed by atoms with Gasteiger partial charge in [-0.3, -0.25) is 9.69 Å². The van der Waals surface area contributed by atoms with E-state index in [0.29, 0.717) is 17.9 Å². The Hall–Kier alpha value is -1.59. The van der Waals surface area contributed by atoms with Gasteiger partial charge in [-0.2, -0.15) is 0 Å². The molecule has 1 N–H and O–H groups in total. The standard InChI is InChI=1S/C22H30N2O3/c1-26-17-7-5-15(6-8-17)12-24-13-19-18(11-23-21(25)16-3-2-4-16)20-9-10-22(19,14-24)27-20/h5-8,16,18-20H,2-4,9-14H2,1H3,(H,23,25)/t18-,19+,20+,22+/m0/s1. The van der Waals surface area contributed by atoms with Crippen LogP contribution in [0.1, 0.15) is 37.7 Å². The van der Waals surface area contributed by atoms with Gasteiger partial charge in [0.2, 0.25) is 5.91 Å². The second-order valence-corrected chi connectivity index (χ2v) is 8.92. The maximum atomic E-state index is 12.3. The van der Waals surface area contributed by atoms with Crippen molar-refractivity contribution in [2.75, 3.05) is 26.7 Å². The molecule has 3 saturated heterocycles. The molecule has 0 aromatic heterocycles. The average molecular weight is 370 g/mol. The van der Waals surface area contributed by atoms with Crippen LogP contribution in [0.2, 0.25) is 0 Å². The van der Waals surface area contributed by atoms with E-state index in [1.54, 1.807) is 7.11 Å². The Labute approximate surface area is 161 Å². The summed E-state index contributed by atoms with van der Waals surface area (Å²) in [6.07, 6.45) is 6.02. The van der Waals surface area contributed by atoms with Gasteiger partial charge in [-0.1, -0.05) is 18.6 Å². The van der Waals surface area contributed by atoms with Gasteiger partial charge in [-0.05, 0) is 43.4 Å². The molecule has 5 nitrogen and oxygen atoms in total. The van der Waals surface area contributed by atoms with E-state index in [-0.39, 0.29) is 17.4 Å². The largest absolute Gasteiger partial charge is 0.497 e. The minimum atomic E-state index is 0.0308. The molecule has 146 valence electrons. The molecule has 1 aromatic rings. The van der Waals surface area contributed by atoms with Gasteiger partial charge in [0.15, 0.2) is 0 Å². The third-order valence-corrected chi connectivity index (χ3v) is 7.41. The second kappa shape index (κ2) is 6.78. The van der Waals surface area contributed by atoms with Crippen molar-refractivity contribution < 1.29 is 14.3 Å². The average Bonchev–Trinajstić information content (AvgIpc) is 3.27. The molecule has 27 heavy (non-hydrogen) atoms. The second-order valence-electron chi connectivity index (χ2n) is 8.92. The zero-order valence-corrected chi connectivity index (χ0v) is 16.2. The van der Waals surface area contributed by atoms with Gasteiger partial charge >= 0.3 is 0 Å². The van der Waals surface area contributed by atoms with Gasteiger partial charge in [-0.15, -0.1) is 0 Å². The molecule has 4 aliphatic rings. The molecule has 1 saturated carbocycles. The van der Waals surface area contributed by atoms with Crippen LogP contribution in [-0.2, 0) is 16.1 Å². The maximum Gasteiger partial charge on any atom is 0.223 e. The smallest absolute Gasteiger partial charge is 0.223 e. The fraction of sp³-hybridized carbons (Fsp3) is 0.682. The Bertz CT molecular complexity index is 702. The van der Waals surface area contributed by atoms with Crippen molar-refractivity contribution in [1.82, 2.24) is 10.2 Å². The van der Waals surface area contributed by atoms with Gasteiger partial charge in [0.1, 0.15) is 5.75 Å². The normalized spacial score (nSPS) is 35.1. The molecule has 5 heteroatoms. The van der Waals surface area contributed by atoms with Gasteiger partial charge in [0.05, 0.1) is 18.8 Å². The van der Waals surface area contributed by atoms with Crippen LogP contribution in [0, 0.1) is 17.8 Å². The quantitative estimate of drug-likeness (QED) is 0.836. The summed E-state index contributed by atoms with van der Waals surface area (Å²) in [7, 11) is 1.70. The summed E-state index contributed by atoms with van der Waals surface area (Å²) in [5, 5.41) is 3.25. The first-order valence-corrected chi connectivity index (χ1v) is 10.5. The maximum absolute atomic E-state index is 12.3. The number of fused-ring (bicyclic) bond motifs is 1. The van der Waals surface area contributed by atoms with Crippen molar-refractivity contribution in [1.29, 1.82) is 0 Å². The number of carbonyl (C=O) groups is 1. The Balaban J connectivity index is 1.22. The molecule has 3 heterocycles. The van der Waals surface area contributed by atoms with Crippen LogP contribution in [0.4, 0.5) is 0 Å². The van der Waals surface area contributed by atoms with Crippen LogP contribution in [-0.4, -0.2) is 49.3 Å². The number of ether oxygens (including phenoxy) is 2. The molecule has 0 radical (unpaired) electrons. The van der Waals surface area contributed by atoms with Crippen molar-refractivity contribution in [3.63, 3.8) is 0 Å². The molecule has 3 aliphatic heterocycles. The Morgan fingerprint density at radius 1 is 1.30 bits per heavy atom. The lowest BCUT2D eigenvalue weighted by molar-refractivity contribution is -0.127. The van der Waals surface area contributed by atoms with Crippen LogP contribution in [0.15, 0.2) is 24.3 Å². The first kappa shape index (κ1) is 17.5. The van der Waals surface area contributed by atoms with Crippen LogP contribution in [0.5, 0.6) is 5.75 Å². The molecule has 2 bridgehead atoms. The van der Waals surface area contributed by atoms with Crippen LogP contribution < -0.4 is 10.1 Å². The number of nitrogens with one attached hydrogen (secondary N) is 1. The van der Waals surface area contributed by atoms with Gasteiger partial charge in [0, 0.05) is 43.9 Å². The van der Waals surface area contributed by atoms with Crippen molar-refractivity contribution >= 4 is 5.91 Å². The summed E-state index contributed by atoms with van der Waals surface area (Å²) < 4.78 is 11.8. The zero-order valence-electron chi connectivity index (χ0n) is 16.2. The molecule has 1 aliphatic carbocycles. The lowest BCUT2D eigenvalue weighted by Gasteiger charge is -2.31. The SMILES string of the molecule is COc1ccc(CN2C[C@@H]3[C@H](CNC(=O)C4CCC4)[C@H]4CC[C@]3(C2)O4)cc1. The van der Waals surface area contributed by atoms with Crippen LogP contribution in [0.25, 0.3) is 0 Å². The molecule has 0 unspecified atom stereocenters. The van der Waals surface area contributed by atoms with Gasteiger partial charge < -0.3 is 14.8 Å². The number of rotatable bonds is 6. The first-order valence-electron chi connectivity index (χ1n) is 10.5. The van der Waals surface area contributed by atoms with Crippen LogP contribution >= 0.6 is 0 Å². The number of hydrogen-bond donors (Lipinski definition) is 1. The molecule has 1 amide bonds. The summed E-state index contributed by atoms with van der Waals surface area (Å²) >= 11 is 0. The van der Waals surface area contributed by atoms with Crippen molar-refractivity contribution in [2.24, 2.45) is 17.8 Å². The molecule has 4 fully saturated rings. The minimum absolute atomic E-state index is 0.0308. The van der Waals surface area contributed by atoms with Gasteiger partial charge in [0.25, 0.3) is 0 Å². The Kier molecular flexibility index (Phi) is 4.40. The third kappa shape index (κ3) is 3.05. The number of amides is 1. The fourth-order valence-electron chi connectivity index (χ4n) is 5.70. The highest BCUT2D eigenvalue weighted by Gasteiger charge is 2.62. The van der Waals surface area contributed by atoms with E-state index < -0.39 is 0 Å². The summed E-state index contributed by atoms with van der Waals surface area (Å²) in [5.74, 6) is 2.47. The lowest BCUT2D eigenvalue weighted by atomic mass is 9.73. The molecule has 4 atom stereocenters. The highest BCUT2D eigenvalue weighted by Crippen LogP contribution is 2.54.